The molecular weight excluding hydrogens is 308 g/mol. The van der Waals surface area contributed by atoms with Crippen molar-refractivity contribution < 1.29 is 13.9 Å². The van der Waals surface area contributed by atoms with E-state index in [1.165, 1.54) is 18.5 Å². The van der Waals surface area contributed by atoms with Gasteiger partial charge in [0.25, 0.3) is 5.88 Å². The molecule has 3 rings (SSSR count). The molecule has 2 aromatic heterocycles. The van der Waals surface area contributed by atoms with Gasteiger partial charge in [0, 0.05) is 25.0 Å². The van der Waals surface area contributed by atoms with Gasteiger partial charge in [-0.1, -0.05) is 0 Å². The van der Waals surface area contributed by atoms with Crippen LogP contribution in [-0.2, 0) is 4.79 Å². The lowest BCUT2D eigenvalue weighted by Gasteiger charge is -2.32. The lowest BCUT2D eigenvalue weighted by atomic mass is 10.1. The highest BCUT2D eigenvalue weighted by atomic mass is 16.5. The second kappa shape index (κ2) is 7.42. The van der Waals surface area contributed by atoms with Crippen LogP contribution in [0.25, 0.3) is 6.08 Å². The molecule has 1 aliphatic heterocycles. The molecule has 3 heterocycles. The van der Waals surface area contributed by atoms with Gasteiger partial charge in [0.05, 0.1) is 12.8 Å². The molecule has 7 heteroatoms. The van der Waals surface area contributed by atoms with E-state index in [1.54, 1.807) is 29.4 Å². The van der Waals surface area contributed by atoms with Crippen molar-refractivity contribution in [3.63, 3.8) is 0 Å². The summed E-state index contributed by atoms with van der Waals surface area (Å²) in [7, 11) is 0. The Labute approximate surface area is 139 Å². The summed E-state index contributed by atoms with van der Waals surface area (Å²) in [6.07, 6.45) is 9.04. The fourth-order valence-corrected chi connectivity index (χ4v) is 2.53. The number of nitriles is 1. The van der Waals surface area contributed by atoms with E-state index in [4.69, 9.17) is 14.4 Å². The molecule has 0 radical (unpaired) electrons. The first-order valence-electron chi connectivity index (χ1n) is 7.64. The summed E-state index contributed by atoms with van der Waals surface area (Å²) in [5.41, 5.74) is 0.152. The maximum Gasteiger partial charge on any atom is 0.251 e. The summed E-state index contributed by atoms with van der Waals surface area (Å²) in [4.78, 5) is 22.0. The summed E-state index contributed by atoms with van der Waals surface area (Å²) in [6, 6.07) is 5.50. The first-order chi connectivity index (χ1) is 11.8. The predicted molar refractivity (Wildman–Crippen MR) is 84.7 cm³/mol. The van der Waals surface area contributed by atoms with Gasteiger partial charge in [0.2, 0.25) is 11.6 Å². The van der Waals surface area contributed by atoms with Gasteiger partial charge in [-0.15, -0.1) is 0 Å². The smallest absolute Gasteiger partial charge is 0.251 e. The van der Waals surface area contributed by atoms with Crippen LogP contribution in [0.5, 0.6) is 5.88 Å². The highest BCUT2D eigenvalue weighted by Crippen LogP contribution is 2.19. The van der Waals surface area contributed by atoms with Crippen molar-refractivity contribution in [3.05, 3.63) is 48.3 Å². The molecule has 0 N–H and O–H groups in total. The molecule has 1 saturated heterocycles. The van der Waals surface area contributed by atoms with Gasteiger partial charge in [0.1, 0.15) is 17.9 Å². The van der Waals surface area contributed by atoms with Gasteiger partial charge in [-0.25, -0.2) is 9.97 Å². The van der Waals surface area contributed by atoms with Gasteiger partial charge < -0.3 is 14.1 Å². The van der Waals surface area contributed by atoms with E-state index in [-0.39, 0.29) is 23.6 Å². The number of ether oxygens (including phenoxy) is 1. The number of rotatable bonds is 4. The molecule has 0 spiro atoms. The average Bonchev–Trinajstić information content (AvgIpc) is 3.14. The second-order valence-corrected chi connectivity index (χ2v) is 5.34. The maximum atomic E-state index is 12.3. The summed E-state index contributed by atoms with van der Waals surface area (Å²) in [5, 5.41) is 9.03. The maximum absolute atomic E-state index is 12.3. The third-order valence-electron chi connectivity index (χ3n) is 3.67. The number of carbonyl (C=O) groups excluding carboxylic acids is 1. The third-order valence-corrected chi connectivity index (χ3v) is 3.67. The largest absolute Gasteiger partial charge is 0.470 e. The zero-order valence-corrected chi connectivity index (χ0v) is 13.0. The molecule has 0 bridgehead atoms. The van der Waals surface area contributed by atoms with E-state index in [9.17, 15) is 4.79 Å². The van der Waals surface area contributed by atoms with E-state index in [0.29, 0.717) is 18.8 Å². The van der Waals surface area contributed by atoms with E-state index < -0.39 is 0 Å². The molecule has 0 aliphatic carbocycles. The van der Waals surface area contributed by atoms with Crippen molar-refractivity contribution in [2.75, 3.05) is 13.1 Å². The minimum Gasteiger partial charge on any atom is -0.470 e. The zero-order valence-electron chi connectivity index (χ0n) is 13.0. The van der Waals surface area contributed by atoms with Gasteiger partial charge in [0.15, 0.2) is 0 Å². The molecular formula is C17H16N4O3. The van der Waals surface area contributed by atoms with Crippen LogP contribution in [-0.4, -0.2) is 40.0 Å². The Morgan fingerprint density at radius 1 is 1.46 bits per heavy atom. The number of carbonyl (C=O) groups is 1. The van der Waals surface area contributed by atoms with Crippen LogP contribution in [0.2, 0.25) is 0 Å². The Kier molecular flexibility index (Phi) is 4.87. The SMILES string of the molecule is N#Cc1nccnc1OC1CCCN(C(=O)C=Cc2ccco2)C1. The summed E-state index contributed by atoms with van der Waals surface area (Å²) >= 11 is 0. The van der Waals surface area contributed by atoms with Crippen LogP contribution in [0, 0.1) is 11.3 Å². The van der Waals surface area contributed by atoms with Crippen molar-refractivity contribution in [3.8, 4) is 11.9 Å². The van der Waals surface area contributed by atoms with Gasteiger partial charge in [-0.05, 0) is 31.1 Å². The monoisotopic (exact) mass is 324 g/mol. The Morgan fingerprint density at radius 2 is 2.33 bits per heavy atom. The molecule has 0 saturated carbocycles. The third kappa shape index (κ3) is 3.79. The van der Waals surface area contributed by atoms with E-state index in [2.05, 4.69) is 9.97 Å². The van der Waals surface area contributed by atoms with Crippen LogP contribution >= 0.6 is 0 Å². The number of aromatic nitrogens is 2. The van der Waals surface area contributed by atoms with E-state index >= 15 is 0 Å². The molecule has 7 nitrogen and oxygen atoms in total. The first-order valence-corrected chi connectivity index (χ1v) is 7.64. The molecule has 1 aliphatic rings. The van der Waals surface area contributed by atoms with Crippen molar-refractivity contribution in [1.82, 2.24) is 14.9 Å². The summed E-state index contributed by atoms with van der Waals surface area (Å²) in [5.74, 6) is 0.746. The van der Waals surface area contributed by atoms with Crippen LogP contribution in [0.3, 0.4) is 0 Å². The Morgan fingerprint density at radius 3 is 3.12 bits per heavy atom. The highest BCUT2D eigenvalue weighted by molar-refractivity contribution is 5.91. The predicted octanol–water partition coefficient (Wildman–Crippen LogP) is 2.02. The number of furan rings is 1. The Hall–Kier alpha value is -3.14. The fourth-order valence-electron chi connectivity index (χ4n) is 2.53. The van der Waals surface area contributed by atoms with Crippen LogP contribution in [0.15, 0.2) is 41.3 Å². The number of likely N-dealkylation sites (tertiary alicyclic amines) is 1. The molecule has 24 heavy (non-hydrogen) atoms. The standard InChI is InChI=1S/C17H16N4O3/c18-11-15-17(20-8-7-19-15)24-14-3-1-9-21(12-14)16(22)6-5-13-4-2-10-23-13/h2,4-8,10,14H,1,3,9,12H2. The normalized spacial score (nSPS) is 17.6. The summed E-state index contributed by atoms with van der Waals surface area (Å²) in [6.45, 7) is 1.12. The number of hydrogen-bond acceptors (Lipinski definition) is 6. The highest BCUT2D eigenvalue weighted by Gasteiger charge is 2.25. The summed E-state index contributed by atoms with van der Waals surface area (Å²) < 4.78 is 10.9. The van der Waals surface area contributed by atoms with Crippen molar-refractivity contribution in [2.45, 2.75) is 18.9 Å². The Balaban J connectivity index is 1.62. The fraction of sp³-hybridized carbons (Fsp3) is 0.294. The minimum atomic E-state index is -0.205. The topological polar surface area (TPSA) is 92.2 Å². The average molecular weight is 324 g/mol. The molecule has 0 aromatic carbocycles. The molecule has 1 atom stereocenters. The second-order valence-electron chi connectivity index (χ2n) is 5.34. The molecule has 1 amide bonds. The van der Waals surface area contributed by atoms with Gasteiger partial charge >= 0.3 is 0 Å². The van der Waals surface area contributed by atoms with Crippen LogP contribution < -0.4 is 4.74 Å². The van der Waals surface area contributed by atoms with E-state index in [0.717, 1.165) is 12.8 Å². The van der Waals surface area contributed by atoms with Gasteiger partial charge in [-0.3, -0.25) is 4.79 Å². The Bertz CT molecular complexity index is 764. The van der Waals surface area contributed by atoms with Crippen molar-refractivity contribution in [1.29, 1.82) is 5.26 Å². The molecule has 1 unspecified atom stereocenters. The lowest BCUT2D eigenvalue weighted by Crippen LogP contribution is -2.43. The van der Waals surface area contributed by atoms with Crippen molar-refractivity contribution >= 4 is 12.0 Å². The number of nitrogens with zero attached hydrogens (tertiary/aromatic N) is 4. The number of piperidine rings is 1. The molecule has 2 aromatic rings. The van der Waals surface area contributed by atoms with Crippen molar-refractivity contribution in [2.24, 2.45) is 0 Å². The van der Waals surface area contributed by atoms with Gasteiger partial charge in [-0.2, -0.15) is 5.26 Å². The number of amides is 1. The zero-order chi connectivity index (χ0) is 16.8. The molecule has 122 valence electrons. The minimum absolute atomic E-state index is 0.0978. The van der Waals surface area contributed by atoms with Crippen LogP contribution in [0.1, 0.15) is 24.3 Å². The number of hydrogen-bond donors (Lipinski definition) is 0. The lowest BCUT2D eigenvalue weighted by molar-refractivity contribution is -0.128. The van der Waals surface area contributed by atoms with Crippen LogP contribution in [0.4, 0.5) is 0 Å². The molecule has 1 fully saturated rings. The van der Waals surface area contributed by atoms with E-state index in [1.807, 2.05) is 6.07 Å². The first kappa shape index (κ1) is 15.7. The quantitative estimate of drug-likeness (QED) is 0.799.